The lowest BCUT2D eigenvalue weighted by Crippen LogP contribution is -2.06. The molecule has 1 aliphatic carbocycles. The van der Waals surface area contributed by atoms with Gasteiger partial charge in [-0.1, -0.05) is 80.5 Å². The molecule has 0 heterocycles. The predicted octanol–water partition coefficient (Wildman–Crippen LogP) is 6.43. The van der Waals surface area contributed by atoms with E-state index in [1.54, 1.807) is 0 Å². The van der Waals surface area contributed by atoms with Crippen molar-refractivity contribution in [1.29, 1.82) is 0 Å². The zero-order valence-electron chi connectivity index (χ0n) is 13.7. The van der Waals surface area contributed by atoms with E-state index in [0.717, 1.165) is 12.8 Å². The minimum Gasteiger partial charge on any atom is -0.0992 e. The Balaban J connectivity index is 2.18. The molecule has 0 N–H and O–H groups in total. The highest BCUT2D eigenvalue weighted by atomic mass is 14.3. The van der Waals surface area contributed by atoms with E-state index < -0.39 is 0 Å². The third-order valence-corrected chi connectivity index (χ3v) is 4.56. The summed E-state index contributed by atoms with van der Waals surface area (Å²) in [5, 5.41) is 0. The molecule has 0 radical (unpaired) electrons. The molecule has 0 saturated heterocycles. The van der Waals surface area contributed by atoms with Gasteiger partial charge in [-0.05, 0) is 37.3 Å². The molecule has 0 bridgehead atoms. The molecule has 0 aromatic heterocycles. The summed E-state index contributed by atoms with van der Waals surface area (Å²) < 4.78 is 0. The van der Waals surface area contributed by atoms with Crippen LogP contribution in [0.3, 0.4) is 0 Å². The van der Waals surface area contributed by atoms with Crippen molar-refractivity contribution < 1.29 is 0 Å². The molecular weight excluding hydrogens is 252 g/mol. The van der Waals surface area contributed by atoms with Crippen molar-refractivity contribution in [2.24, 2.45) is 5.92 Å². The summed E-state index contributed by atoms with van der Waals surface area (Å²) in [5.74, 6) is 0.968. The van der Waals surface area contributed by atoms with Crippen LogP contribution in [0.25, 0.3) is 0 Å². The number of rotatable bonds is 7. The normalized spacial score (nSPS) is 19.1. The molecule has 0 amide bonds. The molecular formula is C21H28. The fourth-order valence-corrected chi connectivity index (χ4v) is 3.30. The van der Waals surface area contributed by atoms with E-state index in [1.165, 1.54) is 35.1 Å². The van der Waals surface area contributed by atoms with Crippen molar-refractivity contribution in [3.8, 4) is 0 Å². The first-order valence-electron chi connectivity index (χ1n) is 8.30. The van der Waals surface area contributed by atoms with Crippen LogP contribution in [0.2, 0.25) is 0 Å². The number of benzene rings is 1. The Morgan fingerprint density at radius 3 is 2.48 bits per heavy atom. The van der Waals surface area contributed by atoms with E-state index in [-0.39, 0.29) is 0 Å². The van der Waals surface area contributed by atoms with Gasteiger partial charge in [-0.2, -0.15) is 0 Å². The van der Waals surface area contributed by atoms with E-state index in [0.29, 0.717) is 11.8 Å². The van der Waals surface area contributed by atoms with E-state index in [1.807, 2.05) is 0 Å². The Bertz CT molecular complexity index is 530. The Hall–Kier alpha value is -1.56. The molecule has 2 rings (SSSR count). The number of unbranched alkanes of at least 4 members (excludes halogenated alkanes) is 1. The monoisotopic (exact) mass is 280 g/mol. The highest BCUT2D eigenvalue weighted by molar-refractivity contribution is 5.48. The van der Waals surface area contributed by atoms with Crippen molar-refractivity contribution in [2.45, 2.75) is 52.4 Å². The molecule has 112 valence electrons. The Kier molecular flexibility index (Phi) is 5.61. The van der Waals surface area contributed by atoms with Gasteiger partial charge in [0.15, 0.2) is 0 Å². The number of hydrogen-bond acceptors (Lipinski definition) is 0. The molecule has 0 heteroatoms. The molecule has 2 atom stereocenters. The van der Waals surface area contributed by atoms with Gasteiger partial charge in [0.25, 0.3) is 0 Å². The van der Waals surface area contributed by atoms with Gasteiger partial charge in [0.1, 0.15) is 0 Å². The quantitative estimate of drug-likeness (QED) is 0.505. The fourth-order valence-electron chi connectivity index (χ4n) is 3.30. The molecule has 21 heavy (non-hydrogen) atoms. The lowest BCUT2D eigenvalue weighted by molar-refractivity contribution is 0.636. The van der Waals surface area contributed by atoms with E-state index >= 15 is 0 Å². The van der Waals surface area contributed by atoms with Gasteiger partial charge in [0.2, 0.25) is 0 Å². The Morgan fingerprint density at radius 1 is 1.14 bits per heavy atom. The van der Waals surface area contributed by atoms with Gasteiger partial charge in [-0.15, -0.1) is 0 Å². The molecule has 0 aliphatic heterocycles. The average Bonchev–Trinajstić information content (AvgIpc) is 2.89. The maximum absolute atomic E-state index is 4.37. The topological polar surface area (TPSA) is 0 Å². The minimum atomic E-state index is 0.439. The zero-order chi connectivity index (χ0) is 15.2. The molecule has 1 aromatic carbocycles. The summed E-state index contributed by atoms with van der Waals surface area (Å²) in [6.45, 7) is 11.2. The maximum Gasteiger partial charge on any atom is 0.0210 e. The summed E-state index contributed by atoms with van der Waals surface area (Å²) in [7, 11) is 0. The maximum atomic E-state index is 4.37. The van der Waals surface area contributed by atoms with Crippen LogP contribution in [-0.4, -0.2) is 0 Å². The van der Waals surface area contributed by atoms with Crippen LogP contribution in [-0.2, 0) is 0 Å². The highest BCUT2D eigenvalue weighted by Gasteiger charge is 2.23. The molecule has 2 unspecified atom stereocenters. The van der Waals surface area contributed by atoms with Gasteiger partial charge in [0.05, 0.1) is 0 Å². The van der Waals surface area contributed by atoms with E-state index in [4.69, 9.17) is 0 Å². The number of allylic oxidation sites excluding steroid dienone is 5. The SMILES string of the molecule is C=C(CCCC)C(CC)C1=CC(c2ccccc2)C=C1C. The second-order valence-corrected chi connectivity index (χ2v) is 6.13. The van der Waals surface area contributed by atoms with Crippen molar-refractivity contribution in [3.63, 3.8) is 0 Å². The van der Waals surface area contributed by atoms with Crippen LogP contribution < -0.4 is 0 Å². The Morgan fingerprint density at radius 2 is 1.86 bits per heavy atom. The van der Waals surface area contributed by atoms with Crippen LogP contribution >= 0.6 is 0 Å². The van der Waals surface area contributed by atoms with Crippen LogP contribution in [0.1, 0.15) is 57.9 Å². The summed E-state index contributed by atoms with van der Waals surface area (Å²) in [4.78, 5) is 0. The molecule has 0 nitrogen and oxygen atoms in total. The third-order valence-electron chi connectivity index (χ3n) is 4.56. The lowest BCUT2D eigenvalue weighted by atomic mass is 9.84. The second-order valence-electron chi connectivity index (χ2n) is 6.13. The van der Waals surface area contributed by atoms with Gasteiger partial charge in [-0.3, -0.25) is 0 Å². The fraction of sp³-hybridized carbons (Fsp3) is 0.429. The van der Waals surface area contributed by atoms with Crippen LogP contribution in [0, 0.1) is 5.92 Å². The van der Waals surface area contributed by atoms with Gasteiger partial charge in [0, 0.05) is 11.8 Å². The second kappa shape index (κ2) is 7.45. The standard InChI is InChI=1S/C21H28/c1-5-7-11-16(3)20(6-2)21-15-19(14-17(21)4)18-12-9-8-10-13-18/h8-10,12-15,19-20H,3,5-7,11H2,1-2,4H3. The third kappa shape index (κ3) is 3.75. The first-order valence-corrected chi connectivity index (χ1v) is 8.30. The molecule has 1 aliphatic rings. The van der Waals surface area contributed by atoms with Crippen molar-refractivity contribution in [2.75, 3.05) is 0 Å². The van der Waals surface area contributed by atoms with E-state index in [9.17, 15) is 0 Å². The van der Waals surface area contributed by atoms with Gasteiger partial charge >= 0.3 is 0 Å². The first-order chi connectivity index (χ1) is 10.2. The summed E-state index contributed by atoms with van der Waals surface area (Å²) in [5.41, 5.74) is 5.74. The van der Waals surface area contributed by atoms with Crippen molar-refractivity contribution >= 4 is 0 Å². The zero-order valence-corrected chi connectivity index (χ0v) is 13.7. The van der Waals surface area contributed by atoms with Crippen molar-refractivity contribution in [1.82, 2.24) is 0 Å². The van der Waals surface area contributed by atoms with Crippen molar-refractivity contribution in [3.05, 3.63) is 71.3 Å². The van der Waals surface area contributed by atoms with Gasteiger partial charge in [-0.25, -0.2) is 0 Å². The molecule has 0 spiro atoms. The van der Waals surface area contributed by atoms with Crippen LogP contribution in [0.4, 0.5) is 0 Å². The largest absolute Gasteiger partial charge is 0.0992 e. The lowest BCUT2D eigenvalue weighted by Gasteiger charge is -2.20. The van der Waals surface area contributed by atoms with E-state index in [2.05, 4.69) is 69.8 Å². The molecule has 0 fully saturated rings. The molecule has 0 saturated carbocycles. The minimum absolute atomic E-state index is 0.439. The number of hydrogen-bond donors (Lipinski definition) is 0. The average molecular weight is 280 g/mol. The summed E-state index contributed by atoms with van der Waals surface area (Å²) >= 11 is 0. The van der Waals surface area contributed by atoms with Crippen LogP contribution in [0.15, 0.2) is 65.8 Å². The predicted molar refractivity (Wildman–Crippen MR) is 93.5 cm³/mol. The molecule has 1 aromatic rings. The highest BCUT2D eigenvalue weighted by Crippen LogP contribution is 2.39. The van der Waals surface area contributed by atoms with Gasteiger partial charge < -0.3 is 0 Å². The smallest absolute Gasteiger partial charge is 0.0210 e. The summed E-state index contributed by atoms with van der Waals surface area (Å²) in [6, 6.07) is 10.8. The first kappa shape index (κ1) is 15.8. The Labute approximate surface area is 130 Å². The summed E-state index contributed by atoms with van der Waals surface area (Å²) in [6.07, 6.45) is 9.68. The van der Waals surface area contributed by atoms with Crippen LogP contribution in [0.5, 0.6) is 0 Å².